The number of ketones is 1. The maximum atomic E-state index is 14.5. The highest BCUT2D eigenvalue weighted by molar-refractivity contribution is 6.30. The second-order valence-electron chi connectivity index (χ2n) is 10.1. The van der Waals surface area contributed by atoms with Crippen LogP contribution in [-0.2, 0) is 29.2 Å². The average Bonchev–Trinajstić information content (AvgIpc) is 3.72. The molecule has 14 heteroatoms. The minimum Gasteiger partial charge on any atom is -0.364 e. The molecular formula is C29H27ClF2N6O5. The Morgan fingerprint density at radius 3 is 2.67 bits per heavy atom. The van der Waals surface area contributed by atoms with Gasteiger partial charge in [0.15, 0.2) is 5.78 Å². The number of hydrogen-bond donors (Lipinski definition) is 3. The van der Waals surface area contributed by atoms with E-state index in [4.69, 9.17) is 16.1 Å². The first-order valence-corrected chi connectivity index (χ1v) is 13.7. The van der Waals surface area contributed by atoms with Gasteiger partial charge in [-0.25, -0.2) is 13.6 Å². The van der Waals surface area contributed by atoms with E-state index in [1.807, 2.05) is 0 Å². The lowest BCUT2D eigenvalue weighted by atomic mass is 10.1. The van der Waals surface area contributed by atoms with Crippen LogP contribution < -0.4 is 16.0 Å². The van der Waals surface area contributed by atoms with Crippen LogP contribution in [-0.4, -0.2) is 57.0 Å². The minimum absolute atomic E-state index is 0.0915. The number of hydrogen-bond acceptors (Lipinski definition) is 6. The zero-order chi connectivity index (χ0) is 30.7. The SMILES string of the molecule is CC(=O)c1cn(CC(=O)N2CC(F)CC2C(=O)NCc2cccc(Cl)c2F)c2ccc(NC(=O)NCc3ccon3)cc12. The van der Waals surface area contributed by atoms with Crippen molar-refractivity contribution in [3.05, 3.63) is 82.6 Å². The molecule has 3 heterocycles. The maximum absolute atomic E-state index is 14.5. The Morgan fingerprint density at radius 1 is 1.12 bits per heavy atom. The third-order valence-corrected chi connectivity index (χ3v) is 7.39. The van der Waals surface area contributed by atoms with E-state index in [0.717, 1.165) is 4.90 Å². The van der Waals surface area contributed by atoms with Crippen molar-refractivity contribution in [2.24, 2.45) is 0 Å². The van der Waals surface area contributed by atoms with E-state index in [9.17, 15) is 28.0 Å². The van der Waals surface area contributed by atoms with E-state index in [1.165, 1.54) is 31.5 Å². The van der Waals surface area contributed by atoms with Crippen molar-refractivity contribution in [2.45, 2.75) is 45.2 Å². The van der Waals surface area contributed by atoms with Gasteiger partial charge < -0.3 is 29.9 Å². The van der Waals surface area contributed by atoms with Crippen LogP contribution in [0, 0.1) is 5.82 Å². The maximum Gasteiger partial charge on any atom is 0.319 e. The third kappa shape index (κ3) is 6.67. The van der Waals surface area contributed by atoms with Gasteiger partial charge in [-0.15, -0.1) is 0 Å². The second-order valence-corrected chi connectivity index (χ2v) is 10.5. The van der Waals surface area contributed by atoms with Crippen molar-refractivity contribution in [3.63, 3.8) is 0 Å². The number of carbonyl (C=O) groups excluding carboxylic acids is 4. The number of Topliss-reactive ketones (excluding diaryl/α,β-unsaturated/α-hetero) is 1. The summed E-state index contributed by atoms with van der Waals surface area (Å²) in [7, 11) is 0. The Kier molecular flexibility index (Phi) is 8.71. The normalized spacial score (nSPS) is 16.3. The molecule has 2 aromatic heterocycles. The number of benzene rings is 2. The molecule has 2 atom stereocenters. The van der Waals surface area contributed by atoms with Crippen molar-refractivity contribution >= 4 is 51.8 Å². The van der Waals surface area contributed by atoms with E-state index in [2.05, 4.69) is 21.1 Å². The molecule has 0 radical (unpaired) electrons. The van der Waals surface area contributed by atoms with Gasteiger partial charge in [-0.1, -0.05) is 28.9 Å². The number of carbonyl (C=O) groups is 4. The monoisotopic (exact) mass is 612 g/mol. The van der Waals surface area contributed by atoms with E-state index in [0.29, 0.717) is 27.8 Å². The first-order valence-electron chi connectivity index (χ1n) is 13.3. The summed E-state index contributed by atoms with van der Waals surface area (Å²) < 4.78 is 35.0. The first-order chi connectivity index (χ1) is 20.6. The summed E-state index contributed by atoms with van der Waals surface area (Å²) in [6.45, 7) is 0.796. The van der Waals surface area contributed by atoms with E-state index in [-0.39, 0.29) is 49.0 Å². The smallest absolute Gasteiger partial charge is 0.319 e. The largest absolute Gasteiger partial charge is 0.364 e. The molecule has 224 valence electrons. The molecule has 0 aliphatic carbocycles. The number of nitrogens with one attached hydrogen (secondary N) is 3. The molecule has 5 rings (SSSR count). The van der Waals surface area contributed by atoms with Gasteiger partial charge in [-0.05, 0) is 31.2 Å². The van der Waals surface area contributed by atoms with Crippen LogP contribution in [0.3, 0.4) is 0 Å². The lowest BCUT2D eigenvalue weighted by molar-refractivity contribution is -0.139. The molecule has 4 amide bonds. The summed E-state index contributed by atoms with van der Waals surface area (Å²) in [5, 5.41) is 12.0. The number of rotatable bonds is 9. The van der Waals surface area contributed by atoms with Gasteiger partial charge in [0.1, 0.15) is 36.5 Å². The average molecular weight is 613 g/mol. The number of halogens is 3. The Bertz CT molecular complexity index is 1690. The number of amides is 4. The van der Waals surface area contributed by atoms with Crippen molar-refractivity contribution < 1.29 is 32.5 Å². The highest BCUT2D eigenvalue weighted by Gasteiger charge is 2.39. The van der Waals surface area contributed by atoms with Crippen LogP contribution in [0.5, 0.6) is 0 Å². The summed E-state index contributed by atoms with van der Waals surface area (Å²) in [5.41, 5.74) is 1.95. The number of aromatic nitrogens is 2. The number of urea groups is 1. The number of likely N-dealkylation sites (tertiary alicyclic amines) is 1. The molecule has 1 aliphatic rings. The van der Waals surface area contributed by atoms with Crippen LogP contribution in [0.2, 0.25) is 5.02 Å². The zero-order valence-electron chi connectivity index (χ0n) is 22.9. The molecule has 43 heavy (non-hydrogen) atoms. The van der Waals surface area contributed by atoms with Gasteiger partial charge >= 0.3 is 6.03 Å². The molecule has 11 nitrogen and oxygen atoms in total. The fraction of sp³-hybridized carbons (Fsp3) is 0.276. The molecule has 2 unspecified atom stereocenters. The van der Waals surface area contributed by atoms with Crippen molar-refractivity contribution in [3.8, 4) is 0 Å². The van der Waals surface area contributed by atoms with Crippen molar-refractivity contribution in [1.29, 1.82) is 0 Å². The van der Waals surface area contributed by atoms with E-state index < -0.39 is 35.9 Å². The number of nitrogens with zero attached hydrogens (tertiary/aromatic N) is 3. The zero-order valence-corrected chi connectivity index (χ0v) is 23.7. The molecule has 3 N–H and O–H groups in total. The molecule has 2 aromatic carbocycles. The number of anilines is 1. The molecule has 0 bridgehead atoms. The number of alkyl halides is 1. The molecule has 1 aliphatic heterocycles. The molecule has 0 saturated carbocycles. The van der Waals surface area contributed by atoms with Gasteiger partial charge in [0.25, 0.3) is 0 Å². The van der Waals surface area contributed by atoms with Gasteiger partial charge in [0.05, 0.1) is 18.1 Å². The summed E-state index contributed by atoms with van der Waals surface area (Å²) >= 11 is 5.80. The molecule has 0 spiro atoms. The Balaban J connectivity index is 1.29. The fourth-order valence-corrected chi connectivity index (χ4v) is 5.19. The summed E-state index contributed by atoms with van der Waals surface area (Å²) in [6.07, 6.45) is 1.29. The van der Waals surface area contributed by atoms with Crippen LogP contribution in [0.4, 0.5) is 19.3 Å². The highest BCUT2D eigenvalue weighted by Crippen LogP contribution is 2.27. The molecule has 4 aromatic rings. The summed E-state index contributed by atoms with van der Waals surface area (Å²) in [4.78, 5) is 52.3. The predicted molar refractivity (Wildman–Crippen MR) is 153 cm³/mol. The summed E-state index contributed by atoms with van der Waals surface area (Å²) in [6, 6.07) is 9.28. The standard InChI is InChI=1S/C29H27ClF2N6O5/c1-16(39)22-14-37(24-6-5-19(10-21(22)24)35-29(42)34-12-20-7-8-43-36-20)15-26(40)38-13-18(31)9-25(38)28(41)33-11-17-3-2-4-23(30)27(17)32/h2-8,10,14,18,25H,9,11-13,15H2,1H3,(H,33,41)(H2,34,35,42). The molecule has 1 fully saturated rings. The van der Waals surface area contributed by atoms with Crippen LogP contribution >= 0.6 is 11.6 Å². The van der Waals surface area contributed by atoms with Crippen molar-refractivity contribution in [2.75, 3.05) is 11.9 Å². The van der Waals surface area contributed by atoms with Gasteiger partial charge in [0.2, 0.25) is 11.8 Å². The van der Waals surface area contributed by atoms with Gasteiger partial charge in [-0.3, -0.25) is 14.4 Å². The van der Waals surface area contributed by atoms with Crippen LogP contribution in [0.1, 0.15) is 35.0 Å². The van der Waals surface area contributed by atoms with Gasteiger partial charge in [0, 0.05) is 52.9 Å². The molecular weight excluding hydrogens is 586 g/mol. The lowest BCUT2D eigenvalue weighted by Gasteiger charge is -2.24. The highest BCUT2D eigenvalue weighted by atomic mass is 35.5. The van der Waals surface area contributed by atoms with Crippen molar-refractivity contribution in [1.82, 2.24) is 25.3 Å². The quantitative estimate of drug-likeness (QED) is 0.242. The van der Waals surface area contributed by atoms with Gasteiger partial charge in [-0.2, -0.15) is 0 Å². The molecule has 1 saturated heterocycles. The van der Waals surface area contributed by atoms with Crippen LogP contribution in [0.25, 0.3) is 10.9 Å². The first kappa shape index (κ1) is 29.7. The van der Waals surface area contributed by atoms with Crippen LogP contribution in [0.15, 0.2) is 59.4 Å². The number of fused-ring (bicyclic) bond motifs is 1. The Hall–Kier alpha value is -4.78. The van der Waals surface area contributed by atoms with E-state index in [1.54, 1.807) is 34.9 Å². The lowest BCUT2D eigenvalue weighted by Crippen LogP contribution is -2.46. The summed E-state index contributed by atoms with van der Waals surface area (Å²) in [5.74, 6) is -2.08. The topological polar surface area (TPSA) is 139 Å². The fourth-order valence-electron chi connectivity index (χ4n) is 4.99. The Labute approximate surface area is 249 Å². The Morgan fingerprint density at radius 2 is 1.93 bits per heavy atom. The third-order valence-electron chi connectivity index (χ3n) is 7.10. The second kappa shape index (κ2) is 12.6. The minimum atomic E-state index is -1.42. The van der Waals surface area contributed by atoms with E-state index >= 15 is 0 Å². The predicted octanol–water partition coefficient (Wildman–Crippen LogP) is 4.20.